The van der Waals surface area contributed by atoms with E-state index in [-0.39, 0.29) is 25.0 Å². The van der Waals surface area contributed by atoms with Crippen molar-refractivity contribution in [2.45, 2.75) is 13.5 Å². The predicted molar refractivity (Wildman–Crippen MR) is 97.4 cm³/mol. The zero-order chi connectivity index (χ0) is 17.8. The maximum absolute atomic E-state index is 12.9. The average molecular weight is 354 g/mol. The van der Waals surface area contributed by atoms with Gasteiger partial charge in [0.2, 0.25) is 0 Å². The number of amides is 2. The molecule has 0 radical (unpaired) electrons. The van der Waals surface area contributed by atoms with E-state index < -0.39 is 0 Å². The van der Waals surface area contributed by atoms with E-state index >= 15 is 0 Å². The van der Waals surface area contributed by atoms with E-state index in [0.29, 0.717) is 16.2 Å². The summed E-state index contributed by atoms with van der Waals surface area (Å²) in [5, 5.41) is 9.11. The van der Waals surface area contributed by atoms with Gasteiger partial charge in [0.1, 0.15) is 0 Å². The molecule has 0 saturated carbocycles. The third-order valence-corrected chi connectivity index (χ3v) is 4.92. The fourth-order valence-corrected chi connectivity index (χ4v) is 3.51. The minimum absolute atomic E-state index is 0.0561. The first-order valence-corrected chi connectivity index (χ1v) is 8.90. The number of carbonyl (C=O) groups excluding carboxylic acids is 2. The molecule has 0 bridgehead atoms. The van der Waals surface area contributed by atoms with Crippen molar-refractivity contribution in [1.29, 1.82) is 0 Å². The molecule has 1 aromatic heterocycles. The summed E-state index contributed by atoms with van der Waals surface area (Å²) in [6, 6.07) is 11.1. The van der Waals surface area contributed by atoms with Crippen molar-refractivity contribution in [2.75, 3.05) is 12.4 Å². The number of hydrogen-bond donors (Lipinski definition) is 1. The molecule has 3 rings (SSSR count). The number of rotatable bonds is 6. The van der Waals surface area contributed by atoms with E-state index in [1.165, 1.54) is 16.7 Å². The van der Waals surface area contributed by atoms with Crippen molar-refractivity contribution in [3.8, 4) is 0 Å². The van der Waals surface area contributed by atoms with Crippen LogP contribution in [-0.2, 0) is 16.1 Å². The number of nitrogens with zero attached hydrogens (tertiary/aromatic N) is 2. The lowest BCUT2D eigenvalue weighted by Crippen LogP contribution is -2.31. The molecule has 6 heteroatoms. The molecule has 1 aliphatic rings. The molecule has 0 spiro atoms. The number of aromatic nitrogens is 1. The van der Waals surface area contributed by atoms with Crippen LogP contribution in [0.15, 0.2) is 53.7 Å². The lowest BCUT2D eigenvalue weighted by atomic mass is 10.0. The van der Waals surface area contributed by atoms with E-state index in [1.807, 2.05) is 37.3 Å². The number of pyridine rings is 1. The van der Waals surface area contributed by atoms with Gasteiger partial charge in [-0.15, -0.1) is 11.8 Å². The van der Waals surface area contributed by atoms with Crippen molar-refractivity contribution in [2.24, 2.45) is 0 Å². The highest BCUT2D eigenvalue weighted by atomic mass is 32.2. The van der Waals surface area contributed by atoms with Gasteiger partial charge in [-0.3, -0.25) is 19.5 Å². The molecule has 0 atom stereocenters. The molecule has 5 nitrogen and oxygen atoms in total. The third kappa shape index (κ3) is 3.65. The van der Waals surface area contributed by atoms with Gasteiger partial charge < -0.3 is 5.11 Å². The van der Waals surface area contributed by atoms with Crippen molar-refractivity contribution in [3.05, 3.63) is 70.4 Å². The fourth-order valence-electron chi connectivity index (χ4n) is 2.63. The summed E-state index contributed by atoms with van der Waals surface area (Å²) in [7, 11) is 0. The van der Waals surface area contributed by atoms with Crippen LogP contribution in [-0.4, -0.2) is 39.2 Å². The van der Waals surface area contributed by atoms with Crippen LogP contribution in [0.2, 0.25) is 0 Å². The van der Waals surface area contributed by atoms with Gasteiger partial charge in [0.25, 0.3) is 11.8 Å². The zero-order valence-electron chi connectivity index (χ0n) is 13.8. The molecule has 2 heterocycles. The standard InChI is InChI=1S/C19H18N2O3S/c1-13-4-6-15(7-5-13)16-17(25-10-9-22)19(24)21(18(16)23)12-14-3-2-8-20-11-14/h2-8,11,22H,9-10,12H2,1H3. The number of aliphatic hydroxyl groups excluding tert-OH is 1. The van der Waals surface area contributed by atoms with Crippen LogP contribution in [0, 0.1) is 6.92 Å². The van der Waals surface area contributed by atoms with E-state index in [9.17, 15) is 9.59 Å². The van der Waals surface area contributed by atoms with Gasteiger partial charge in [0.05, 0.1) is 23.6 Å². The number of aryl methyl sites for hydroxylation is 1. The lowest BCUT2D eigenvalue weighted by molar-refractivity contribution is -0.137. The third-order valence-electron chi connectivity index (χ3n) is 3.87. The SMILES string of the molecule is Cc1ccc(C2=C(SCCO)C(=O)N(Cc3cccnc3)C2=O)cc1. The number of imide groups is 1. The Balaban J connectivity index is 1.96. The highest BCUT2D eigenvalue weighted by molar-refractivity contribution is 8.04. The first-order chi connectivity index (χ1) is 12.1. The van der Waals surface area contributed by atoms with Crippen molar-refractivity contribution < 1.29 is 14.7 Å². The number of benzene rings is 1. The van der Waals surface area contributed by atoms with Crippen molar-refractivity contribution in [3.63, 3.8) is 0 Å². The van der Waals surface area contributed by atoms with Gasteiger partial charge in [-0.1, -0.05) is 35.9 Å². The van der Waals surface area contributed by atoms with Gasteiger partial charge in [0.15, 0.2) is 0 Å². The molecule has 0 unspecified atom stereocenters. The highest BCUT2D eigenvalue weighted by Crippen LogP contribution is 2.36. The Kier molecular flexibility index (Phi) is 5.31. The van der Waals surface area contributed by atoms with Gasteiger partial charge >= 0.3 is 0 Å². The summed E-state index contributed by atoms with van der Waals surface area (Å²) in [5.74, 6) is -0.259. The van der Waals surface area contributed by atoms with Crippen LogP contribution in [0.4, 0.5) is 0 Å². The molecule has 128 valence electrons. The molecule has 2 aromatic rings. The molecule has 1 aromatic carbocycles. The first-order valence-electron chi connectivity index (χ1n) is 7.92. The van der Waals surface area contributed by atoms with E-state index in [4.69, 9.17) is 5.11 Å². The maximum atomic E-state index is 12.9. The summed E-state index contributed by atoms with van der Waals surface area (Å²) in [6.07, 6.45) is 3.29. The summed E-state index contributed by atoms with van der Waals surface area (Å²) in [6.45, 7) is 2.10. The monoisotopic (exact) mass is 354 g/mol. The second-order valence-electron chi connectivity index (χ2n) is 5.70. The van der Waals surface area contributed by atoms with E-state index in [1.54, 1.807) is 18.5 Å². The van der Waals surface area contributed by atoms with Crippen LogP contribution in [0.5, 0.6) is 0 Å². The summed E-state index contributed by atoms with van der Waals surface area (Å²) in [4.78, 5) is 31.4. The number of thioether (sulfide) groups is 1. The molecule has 1 aliphatic heterocycles. The van der Waals surface area contributed by atoms with Crippen LogP contribution >= 0.6 is 11.8 Å². The second kappa shape index (κ2) is 7.63. The Morgan fingerprint density at radius 2 is 1.88 bits per heavy atom. The number of aliphatic hydroxyl groups is 1. The first kappa shape index (κ1) is 17.4. The normalized spacial score (nSPS) is 14.6. The van der Waals surface area contributed by atoms with Crippen LogP contribution in [0.3, 0.4) is 0 Å². The van der Waals surface area contributed by atoms with Gasteiger partial charge in [-0.05, 0) is 24.1 Å². The zero-order valence-corrected chi connectivity index (χ0v) is 14.6. The summed E-state index contributed by atoms with van der Waals surface area (Å²) < 4.78 is 0. The minimum atomic E-state index is -0.317. The van der Waals surface area contributed by atoms with Gasteiger partial charge in [-0.2, -0.15) is 0 Å². The fraction of sp³-hybridized carbons (Fsp3) is 0.211. The number of hydrogen-bond acceptors (Lipinski definition) is 5. The van der Waals surface area contributed by atoms with E-state index in [0.717, 1.165) is 16.7 Å². The van der Waals surface area contributed by atoms with Crippen molar-refractivity contribution >= 4 is 29.1 Å². The summed E-state index contributed by atoms with van der Waals surface area (Å²) in [5.41, 5.74) is 3.00. The average Bonchev–Trinajstić information content (AvgIpc) is 2.86. The molecule has 0 fully saturated rings. The Morgan fingerprint density at radius 1 is 1.12 bits per heavy atom. The summed E-state index contributed by atoms with van der Waals surface area (Å²) >= 11 is 1.22. The van der Waals surface area contributed by atoms with Crippen molar-refractivity contribution in [1.82, 2.24) is 9.88 Å². The predicted octanol–water partition coefficient (Wildman–Crippen LogP) is 2.40. The molecule has 1 N–H and O–H groups in total. The molecular weight excluding hydrogens is 336 g/mol. The largest absolute Gasteiger partial charge is 0.396 e. The minimum Gasteiger partial charge on any atom is -0.396 e. The van der Waals surface area contributed by atoms with Crippen LogP contribution in [0.1, 0.15) is 16.7 Å². The maximum Gasteiger partial charge on any atom is 0.268 e. The Labute approximate surface area is 150 Å². The topological polar surface area (TPSA) is 70.5 Å². The number of carbonyl (C=O) groups is 2. The molecule has 0 saturated heterocycles. The Hall–Kier alpha value is -2.44. The lowest BCUT2D eigenvalue weighted by Gasteiger charge is -2.15. The Bertz CT molecular complexity index is 816. The smallest absolute Gasteiger partial charge is 0.268 e. The molecule has 2 amide bonds. The van der Waals surface area contributed by atoms with Crippen LogP contribution < -0.4 is 0 Å². The molecule has 25 heavy (non-hydrogen) atoms. The second-order valence-corrected chi connectivity index (χ2v) is 6.81. The quantitative estimate of drug-likeness (QED) is 0.807. The molecular formula is C19H18N2O3S. The molecule has 0 aliphatic carbocycles. The van der Waals surface area contributed by atoms with E-state index in [2.05, 4.69) is 4.98 Å². The Morgan fingerprint density at radius 3 is 2.52 bits per heavy atom. The van der Waals surface area contributed by atoms with Gasteiger partial charge in [0, 0.05) is 18.1 Å². The van der Waals surface area contributed by atoms with Gasteiger partial charge in [-0.25, -0.2) is 0 Å². The van der Waals surface area contributed by atoms with Crippen LogP contribution in [0.25, 0.3) is 5.57 Å². The highest BCUT2D eigenvalue weighted by Gasteiger charge is 2.38.